The smallest absolute Gasteiger partial charge is 0.363 e. The van der Waals surface area contributed by atoms with Gasteiger partial charge in [0.25, 0.3) is 0 Å². The van der Waals surface area contributed by atoms with Crippen molar-refractivity contribution in [2.24, 2.45) is 0 Å². The molecule has 2 atom stereocenters. The third kappa shape index (κ3) is 2.67. The predicted molar refractivity (Wildman–Crippen MR) is 112 cm³/mol. The van der Waals surface area contributed by atoms with Crippen molar-refractivity contribution in [3.05, 3.63) is 70.8 Å². The molecule has 2 aromatic carbocycles. The van der Waals surface area contributed by atoms with Gasteiger partial charge in [-0.15, -0.1) is 11.8 Å². The molecular weight excluding hydrogens is 470 g/mol. The molecule has 5 rings (SSSR count). The molecule has 32 heavy (non-hydrogen) atoms. The number of rotatable bonds is 3. The topological polar surface area (TPSA) is 9.23 Å². The van der Waals surface area contributed by atoms with Gasteiger partial charge in [-0.05, 0) is 36.6 Å². The maximum absolute atomic E-state index is 15.4. The van der Waals surface area contributed by atoms with E-state index in [4.69, 9.17) is 4.74 Å². The summed E-state index contributed by atoms with van der Waals surface area (Å²) in [6.45, 7) is 1.34. The molecule has 0 amide bonds. The van der Waals surface area contributed by atoms with Crippen molar-refractivity contribution in [3.8, 4) is 0 Å². The number of hydrogen-bond acceptors (Lipinski definition) is 3. The lowest BCUT2D eigenvalue weighted by molar-refractivity contribution is -0.268. The molecule has 0 N–H and O–H groups in total. The Morgan fingerprint density at radius 2 is 1.22 bits per heavy atom. The van der Waals surface area contributed by atoms with Gasteiger partial charge >= 0.3 is 17.8 Å². The molecule has 9 heteroatoms. The van der Waals surface area contributed by atoms with Crippen LogP contribution in [0.3, 0.4) is 0 Å². The molecule has 2 aromatic rings. The Hall–Kier alpha value is -1.58. The highest BCUT2D eigenvalue weighted by molar-refractivity contribution is 8.01. The Kier molecular flexibility index (Phi) is 4.67. The van der Waals surface area contributed by atoms with Gasteiger partial charge in [0.15, 0.2) is 0 Å². The number of thioether (sulfide) groups is 2. The van der Waals surface area contributed by atoms with E-state index in [9.17, 15) is 8.78 Å². The van der Waals surface area contributed by atoms with Crippen LogP contribution in [0.2, 0.25) is 0 Å². The summed E-state index contributed by atoms with van der Waals surface area (Å²) in [7, 11) is 1.10. The first-order valence-corrected chi connectivity index (χ1v) is 11.5. The second-order valence-corrected chi connectivity index (χ2v) is 11.3. The maximum atomic E-state index is 15.4. The number of benzene rings is 2. The van der Waals surface area contributed by atoms with Crippen LogP contribution < -0.4 is 0 Å². The molecule has 2 unspecified atom stereocenters. The fourth-order valence-corrected chi connectivity index (χ4v) is 7.83. The van der Waals surface area contributed by atoms with Crippen LogP contribution in [0.5, 0.6) is 0 Å². The molecular formula is C23H18F6OS2. The van der Waals surface area contributed by atoms with Gasteiger partial charge < -0.3 is 4.74 Å². The van der Waals surface area contributed by atoms with Crippen molar-refractivity contribution in [1.82, 2.24) is 0 Å². The van der Waals surface area contributed by atoms with E-state index in [1.54, 1.807) is 48.5 Å². The highest BCUT2D eigenvalue weighted by atomic mass is 32.2. The van der Waals surface area contributed by atoms with Gasteiger partial charge in [-0.25, -0.2) is 0 Å². The third-order valence-electron chi connectivity index (χ3n) is 6.41. The maximum Gasteiger partial charge on any atom is 0.380 e. The molecule has 170 valence electrons. The van der Waals surface area contributed by atoms with E-state index in [1.807, 2.05) is 0 Å². The Bertz CT molecular complexity index is 1090. The number of fused-ring (bicyclic) bond motifs is 2. The minimum absolute atomic E-state index is 0.0637. The normalized spacial score (nSPS) is 31.6. The number of ether oxygens (including phenoxy) is 1. The SMILES string of the molecule is COC1(C2=C(C3(C)Cc4ccccc4S3)C(F)(F)C(F)(F)C2(F)F)Cc2ccccc2S1. The predicted octanol–water partition coefficient (Wildman–Crippen LogP) is 7.00. The van der Waals surface area contributed by atoms with Crippen molar-refractivity contribution in [2.75, 3.05) is 7.11 Å². The molecule has 0 saturated heterocycles. The molecule has 0 saturated carbocycles. The molecule has 2 heterocycles. The zero-order valence-corrected chi connectivity index (χ0v) is 18.7. The molecule has 0 fully saturated rings. The summed E-state index contributed by atoms with van der Waals surface area (Å²) in [6.07, 6.45) is -0.273. The van der Waals surface area contributed by atoms with Crippen LogP contribution in [0.1, 0.15) is 18.1 Å². The van der Waals surface area contributed by atoms with Crippen molar-refractivity contribution in [2.45, 2.75) is 57.0 Å². The van der Waals surface area contributed by atoms with Crippen LogP contribution in [0.15, 0.2) is 69.5 Å². The quantitative estimate of drug-likeness (QED) is 0.340. The summed E-state index contributed by atoms with van der Waals surface area (Å²) in [5.41, 5.74) is -1.27. The van der Waals surface area contributed by atoms with Gasteiger partial charge in [-0.2, -0.15) is 26.3 Å². The zero-order valence-electron chi connectivity index (χ0n) is 17.0. The molecule has 0 aromatic heterocycles. The van der Waals surface area contributed by atoms with Crippen LogP contribution in [0.25, 0.3) is 0 Å². The van der Waals surface area contributed by atoms with Gasteiger partial charge in [0.2, 0.25) is 0 Å². The molecule has 1 aliphatic carbocycles. The Labute approximate surface area is 189 Å². The summed E-state index contributed by atoms with van der Waals surface area (Å²) in [5.74, 6) is -15.7. The van der Waals surface area contributed by atoms with Crippen molar-refractivity contribution in [1.29, 1.82) is 0 Å². The Morgan fingerprint density at radius 3 is 1.75 bits per heavy atom. The van der Waals surface area contributed by atoms with E-state index in [0.717, 1.165) is 30.6 Å². The Balaban J connectivity index is 1.77. The van der Waals surface area contributed by atoms with Crippen molar-refractivity contribution >= 4 is 23.5 Å². The van der Waals surface area contributed by atoms with Crippen LogP contribution in [-0.2, 0) is 17.6 Å². The third-order valence-corrected chi connectivity index (χ3v) is 9.29. The van der Waals surface area contributed by atoms with E-state index in [-0.39, 0.29) is 12.8 Å². The van der Waals surface area contributed by atoms with E-state index in [2.05, 4.69) is 0 Å². The molecule has 0 bridgehead atoms. The number of alkyl halides is 6. The van der Waals surface area contributed by atoms with Gasteiger partial charge in [-0.3, -0.25) is 0 Å². The van der Waals surface area contributed by atoms with E-state index < -0.39 is 38.6 Å². The largest absolute Gasteiger partial charge is 0.380 e. The van der Waals surface area contributed by atoms with Gasteiger partial charge in [0.05, 0.1) is 5.57 Å². The minimum Gasteiger partial charge on any atom is -0.363 e. The highest BCUT2D eigenvalue weighted by Gasteiger charge is 2.84. The van der Waals surface area contributed by atoms with E-state index >= 15 is 17.6 Å². The second kappa shape index (κ2) is 6.73. The first-order chi connectivity index (χ1) is 14.9. The second-order valence-electron chi connectivity index (χ2n) is 8.43. The fourth-order valence-electron chi connectivity index (χ4n) is 4.95. The Morgan fingerprint density at radius 1 is 0.719 bits per heavy atom. The van der Waals surface area contributed by atoms with E-state index in [1.165, 1.54) is 6.92 Å². The molecule has 2 aliphatic heterocycles. The van der Waals surface area contributed by atoms with Crippen molar-refractivity contribution < 1.29 is 31.1 Å². The molecule has 0 spiro atoms. The number of methoxy groups -OCH3 is 1. The number of hydrogen-bond donors (Lipinski definition) is 0. The standard InChI is InChI=1S/C23H18F6OS2/c1-19(11-13-7-3-5-9-15(13)31-19)17-18(22(26,27)23(28,29)21(17,24)25)20(30-2)12-14-8-4-6-10-16(14)32-20/h3-10H,11-12H2,1-2H3. The van der Waals surface area contributed by atoms with Crippen molar-refractivity contribution in [3.63, 3.8) is 0 Å². The summed E-state index contributed by atoms with van der Waals surface area (Å²) < 4.78 is 95.0. The van der Waals surface area contributed by atoms with Gasteiger partial charge in [-0.1, -0.05) is 48.2 Å². The summed E-state index contributed by atoms with van der Waals surface area (Å²) in [6, 6.07) is 13.4. The van der Waals surface area contributed by atoms with Crippen LogP contribution in [0.4, 0.5) is 26.3 Å². The van der Waals surface area contributed by atoms with Crippen LogP contribution in [-0.4, -0.2) is 34.6 Å². The first-order valence-electron chi connectivity index (χ1n) is 9.88. The lowest BCUT2D eigenvalue weighted by Gasteiger charge is -2.35. The lowest BCUT2D eigenvalue weighted by atomic mass is 9.86. The monoisotopic (exact) mass is 488 g/mol. The van der Waals surface area contributed by atoms with E-state index in [0.29, 0.717) is 20.9 Å². The highest BCUT2D eigenvalue weighted by Crippen LogP contribution is 2.70. The molecule has 1 nitrogen and oxygen atoms in total. The molecule has 3 aliphatic rings. The summed E-state index contributed by atoms with van der Waals surface area (Å²) in [4.78, 5) is -0.905. The fraction of sp³-hybridized carbons (Fsp3) is 0.391. The number of halogens is 6. The van der Waals surface area contributed by atoms with Crippen LogP contribution >= 0.6 is 23.5 Å². The first kappa shape index (κ1) is 22.2. The van der Waals surface area contributed by atoms with Gasteiger partial charge in [0, 0.05) is 33.6 Å². The average molecular weight is 489 g/mol. The summed E-state index contributed by atoms with van der Waals surface area (Å²) in [5, 5.41) is 0. The van der Waals surface area contributed by atoms with Crippen LogP contribution in [0, 0.1) is 0 Å². The average Bonchev–Trinajstić information content (AvgIpc) is 3.31. The minimum atomic E-state index is -5.58. The summed E-state index contributed by atoms with van der Waals surface area (Å²) >= 11 is 1.72. The lowest BCUT2D eigenvalue weighted by Crippen LogP contribution is -2.52. The molecule has 0 radical (unpaired) electrons. The zero-order chi connectivity index (χ0) is 23.2. The van der Waals surface area contributed by atoms with Gasteiger partial charge in [0.1, 0.15) is 4.93 Å².